The zero-order chi connectivity index (χ0) is 19.4. The molecule has 1 fully saturated rings. The Bertz CT molecular complexity index is 832. The highest BCUT2D eigenvalue weighted by Crippen LogP contribution is 2.29. The largest absolute Gasteiger partial charge is 0.380 e. The van der Waals surface area contributed by atoms with Crippen LogP contribution in [0.15, 0.2) is 36.4 Å². The summed E-state index contributed by atoms with van der Waals surface area (Å²) in [5.41, 5.74) is 2.13. The molecule has 0 saturated carbocycles. The Hall–Kier alpha value is -2.18. The highest BCUT2D eigenvalue weighted by molar-refractivity contribution is 6.30. The number of methoxy groups -OCH3 is 1. The molecule has 4 nitrogen and oxygen atoms in total. The lowest BCUT2D eigenvalue weighted by atomic mass is 9.90. The number of hydrogen-bond donors (Lipinski definition) is 1. The fourth-order valence-corrected chi connectivity index (χ4v) is 3.55. The van der Waals surface area contributed by atoms with Gasteiger partial charge in [-0.2, -0.15) is 0 Å². The van der Waals surface area contributed by atoms with Crippen LogP contribution in [0.4, 0.5) is 19.3 Å². The maximum Gasteiger partial charge on any atom is 0.321 e. The first-order chi connectivity index (χ1) is 13.0. The van der Waals surface area contributed by atoms with Crippen molar-refractivity contribution in [2.75, 3.05) is 25.5 Å². The van der Waals surface area contributed by atoms with Gasteiger partial charge in [-0.3, -0.25) is 0 Å². The molecule has 3 rings (SSSR count). The summed E-state index contributed by atoms with van der Waals surface area (Å²) in [6, 6.07) is 8.90. The highest BCUT2D eigenvalue weighted by atomic mass is 35.5. The van der Waals surface area contributed by atoms with Gasteiger partial charge in [0.2, 0.25) is 0 Å². The Kier molecular flexibility index (Phi) is 6.29. The molecule has 0 aliphatic carbocycles. The number of nitrogens with zero attached hydrogens (tertiary/aromatic N) is 1. The molecule has 1 heterocycles. The third kappa shape index (κ3) is 4.76. The molecular weight excluding hydrogens is 374 g/mol. The maximum absolute atomic E-state index is 13.5. The number of nitrogens with one attached hydrogen (secondary N) is 1. The smallest absolute Gasteiger partial charge is 0.321 e. The summed E-state index contributed by atoms with van der Waals surface area (Å²) in [5.74, 6) is -1.75. The zero-order valence-corrected chi connectivity index (χ0v) is 15.7. The Morgan fingerprint density at radius 3 is 2.81 bits per heavy atom. The summed E-state index contributed by atoms with van der Waals surface area (Å²) in [7, 11) is 1.57. The Labute approximate surface area is 162 Å². The van der Waals surface area contributed by atoms with Crippen molar-refractivity contribution < 1.29 is 18.3 Å². The minimum Gasteiger partial charge on any atom is -0.380 e. The second-order valence-corrected chi connectivity index (χ2v) is 7.06. The van der Waals surface area contributed by atoms with E-state index in [4.69, 9.17) is 16.3 Å². The summed E-state index contributed by atoms with van der Waals surface area (Å²) in [4.78, 5) is 14.4. The Morgan fingerprint density at radius 2 is 2.07 bits per heavy atom. The lowest BCUT2D eigenvalue weighted by Crippen LogP contribution is -2.41. The predicted octanol–water partition coefficient (Wildman–Crippen LogP) is 5.18. The Balaban J connectivity index is 1.71. The number of amides is 2. The fraction of sp³-hybridized carbons (Fsp3) is 0.350. The molecule has 1 atom stereocenters. The number of rotatable bonds is 4. The summed E-state index contributed by atoms with van der Waals surface area (Å²) >= 11 is 6.01. The minimum absolute atomic E-state index is 0.0248. The minimum atomic E-state index is -0.863. The van der Waals surface area contributed by atoms with E-state index in [0.717, 1.165) is 24.5 Å². The summed E-state index contributed by atoms with van der Waals surface area (Å²) < 4.78 is 31.9. The first-order valence-electron chi connectivity index (χ1n) is 8.76. The molecule has 1 aliphatic rings. The van der Waals surface area contributed by atoms with Crippen molar-refractivity contribution in [2.24, 2.45) is 0 Å². The van der Waals surface area contributed by atoms with Crippen LogP contribution >= 0.6 is 11.6 Å². The lowest BCUT2D eigenvalue weighted by Gasteiger charge is -2.33. The second kappa shape index (κ2) is 8.67. The van der Waals surface area contributed by atoms with Crippen LogP contribution in [0.2, 0.25) is 5.02 Å². The third-order valence-corrected chi connectivity index (χ3v) is 4.97. The molecule has 0 radical (unpaired) electrons. The number of likely N-dealkylation sites (tertiary alicyclic amines) is 1. The van der Waals surface area contributed by atoms with E-state index in [-0.39, 0.29) is 11.9 Å². The number of benzene rings is 2. The fourth-order valence-electron chi connectivity index (χ4n) is 3.35. The number of halogens is 3. The molecule has 0 aromatic heterocycles. The van der Waals surface area contributed by atoms with Gasteiger partial charge in [0.05, 0.1) is 6.61 Å². The lowest BCUT2D eigenvalue weighted by molar-refractivity contribution is 0.184. The van der Waals surface area contributed by atoms with Crippen molar-refractivity contribution in [1.82, 2.24) is 4.90 Å². The van der Waals surface area contributed by atoms with Gasteiger partial charge >= 0.3 is 6.03 Å². The summed E-state index contributed by atoms with van der Waals surface area (Å²) in [6.45, 7) is 1.39. The van der Waals surface area contributed by atoms with Gasteiger partial charge in [0.15, 0.2) is 11.6 Å². The monoisotopic (exact) mass is 394 g/mol. The summed E-state index contributed by atoms with van der Waals surface area (Å²) in [6.07, 6.45) is 1.62. The van der Waals surface area contributed by atoms with E-state index in [2.05, 4.69) is 5.32 Å². The third-order valence-electron chi connectivity index (χ3n) is 4.73. The van der Waals surface area contributed by atoms with Crippen molar-refractivity contribution in [2.45, 2.75) is 25.4 Å². The van der Waals surface area contributed by atoms with Crippen LogP contribution < -0.4 is 5.32 Å². The molecule has 0 bridgehead atoms. The van der Waals surface area contributed by atoms with E-state index in [1.807, 2.05) is 0 Å². The number of urea groups is 1. The highest BCUT2D eigenvalue weighted by Gasteiger charge is 2.26. The van der Waals surface area contributed by atoms with E-state index >= 15 is 0 Å². The standard InChI is InChI=1S/C20H21ClF2N2O2/c1-27-12-15-9-16(21)5-7-19(15)24-20(26)25-8-2-3-14(11-25)13-4-6-17(22)18(23)10-13/h4-7,9-10,14H,2-3,8,11-12H2,1H3,(H,24,26). The van der Waals surface area contributed by atoms with Gasteiger partial charge in [-0.05, 0) is 48.7 Å². The molecule has 27 heavy (non-hydrogen) atoms. The van der Waals surface area contributed by atoms with E-state index in [0.29, 0.717) is 36.0 Å². The maximum atomic E-state index is 13.5. The molecular formula is C20H21ClF2N2O2. The van der Waals surface area contributed by atoms with Crippen LogP contribution in [-0.4, -0.2) is 31.1 Å². The number of anilines is 1. The van der Waals surface area contributed by atoms with E-state index < -0.39 is 11.6 Å². The molecule has 1 N–H and O–H groups in total. The normalized spacial score (nSPS) is 17.0. The van der Waals surface area contributed by atoms with Crippen LogP contribution in [0.5, 0.6) is 0 Å². The molecule has 1 unspecified atom stereocenters. The first-order valence-corrected chi connectivity index (χ1v) is 9.14. The molecule has 2 aromatic carbocycles. The molecule has 144 valence electrons. The van der Waals surface area contributed by atoms with Crippen molar-refractivity contribution >= 4 is 23.3 Å². The predicted molar refractivity (Wildman–Crippen MR) is 101 cm³/mol. The van der Waals surface area contributed by atoms with E-state index in [9.17, 15) is 13.6 Å². The van der Waals surface area contributed by atoms with Crippen molar-refractivity contribution in [3.63, 3.8) is 0 Å². The SMILES string of the molecule is COCc1cc(Cl)ccc1NC(=O)N1CCCC(c2ccc(F)c(F)c2)C1. The van der Waals surface area contributed by atoms with Gasteiger partial charge in [0.25, 0.3) is 0 Å². The second-order valence-electron chi connectivity index (χ2n) is 6.62. The van der Waals surface area contributed by atoms with Gasteiger partial charge in [0.1, 0.15) is 0 Å². The number of hydrogen-bond acceptors (Lipinski definition) is 2. The van der Waals surface area contributed by atoms with E-state index in [1.54, 1.807) is 36.3 Å². The average Bonchev–Trinajstić information content (AvgIpc) is 2.66. The molecule has 1 aliphatic heterocycles. The van der Waals surface area contributed by atoms with Crippen LogP contribution in [0.1, 0.15) is 29.9 Å². The topological polar surface area (TPSA) is 41.6 Å². The zero-order valence-electron chi connectivity index (χ0n) is 15.0. The summed E-state index contributed by atoms with van der Waals surface area (Å²) in [5, 5.41) is 3.47. The van der Waals surface area contributed by atoms with Gasteiger partial charge in [0, 0.05) is 42.4 Å². The van der Waals surface area contributed by atoms with Crippen molar-refractivity contribution in [3.8, 4) is 0 Å². The van der Waals surface area contributed by atoms with Crippen molar-refractivity contribution in [1.29, 1.82) is 0 Å². The van der Waals surface area contributed by atoms with Gasteiger partial charge in [-0.15, -0.1) is 0 Å². The molecule has 0 spiro atoms. The first kappa shape index (κ1) is 19.6. The van der Waals surface area contributed by atoms with Crippen molar-refractivity contribution in [3.05, 3.63) is 64.2 Å². The number of carbonyl (C=O) groups is 1. The average molecular weight is 395 g/mol. The van der Waals surface area contributed by atoms with E-state index in [1.165, 1.54) is 6.07 Å². The van der Waals surface area contributed by atoms with Crippen LogP contribution in [0.25, 0.3) is 0 Å². The van der Waals surface area contributed by atoms with Crippen LogP contribution in [0, 0.1) is 11.6 Å². The molecule has 7 heteroatoms. The number of ether oxygens (including phenoxy) is 1. The van der Waals surface area contributed by atoms with Gasteiger partial charge in [-0.1, -0.05) is 17.7 Å². The number of piperidine rings is 1. The Morgan fingerprint density at radius 1 is 1.26 bits per heavy atom. The van der Waals surface area contributed by atoms with Crippen LogP contribution in [0.3, 0.4) is 0 Å². The number of carbonyl (C=O) groups excluding carboxylic acids is 1. The molecule has 2 amide bonds. The van der Waals surface area contributed by atoms with Crippen LogP contribution in [-0.2, 0) is 11.3 Å². The van der Waals surface area contributed by atoms with Gasteiger partial charge < -0.3 is 15.0 Å². The molecule has 1 saturated heterocycles. The van der Waals surface area contributed by atoms with Gasteiger partial charge in [-0.25, -0.2) is 13.6 Å². The molecule has 2 aromatic rings. The quantitative estimate of drug-likeness (QED) is 0.776.